The van der Waals surface area contributed by atoms with E-state index in [0.29, 0.717) is 0 Å². The number of nitrogens with zero attached hydrogens (tertiary/aromatic N) is 1. The largest absolute Gasteiger partial charge is 0.205 e. The molecule has 0 aromatic heterocycles. The van der Waals surface area contributed by atoms with Crippen LogP contribution >= 0.6 is 12.2 Å². The van der Waals surface area contributed by atoms with E-state index < -0.39 is 11.6 Å². The maximum atomic E-state index is 14.1. The van der Waals surface area contributed by atoms with Gasteiger partial charge < -0.3 is 0 Å². The summed E-state index contributed by atoms with van der Waals surface area (Å²) in [5, 5.41) is 2.09. The van der Waals surface area contributed by atoms with E-state index in [9.17, 15) is 8.78 Å². The number of unbranched alkanes of at least 4 members (excludes halogenated alkanes) is 1. The Morgan fingerprint density at radius 3 is 2.54 bits per heavy atom. The van der Waals surface area contributed by atoms with Gasteiger partial charge in [0, 0.05) is 29.7 Å². The topological polar surface area (TPSA) is 12.4 Å². The molecular weight excluding hydrogens is 372 g/mol. The molecule has 138 valence electrons. The Kier molecular flexibility index (Phi) is 6.51. The fourth-order valence-electron chi connectivity index (χ4n) is 2.90. The third-order valence-electron chi connectivity index (χ3n) is 4.29. The van der Waals surface area contributed by atoms with Crippen LogP contribution in [0.3, 0.4) is 0 Å². The van der Waals surface area contributed by atoms with Crippen molar-refractivity contribution in [3.05, 3.63) is 69.8 Å². The molecule has 0 unspecified atom stereocenters. The minimum atomic E-state index is -0.761. The van der Waals surface area contributed by atoms with Gasteiger partial charge in [0.25, 0.3) is 0 Å². The van der Waals surface area contributed by atoms with Crippen LogP contribution in [0.15, 0.2) is 40.9 Å². The van der Waals surface area contributed by atoms with Crippen LogP contribution in [0, 0.1) is 35.3 Å². The lowest BCUT2D eigenvalue weighted by molar-refractivity contribution is 0.578. The van der Waals surface area contributed by atoms with Crippen molar-refractivity contribution >= 4 is 29.1 Å². The number of halogens is 2. The summed E-state index contributed by atoms with van der Waals surface area (Å²) in [5.41, 5.74) is 3.96. The van der Waals surface area contributed by atoms with Crippen LogP contribution in [0.4, 0.5) is 14.5 Å². The van der Waals surface area contributed by atoms with Gasteiger partial charge in [-0.05, 0) is 60.8 Å². The Hall–Kier alpha value is -3.04. The molecule has 0 atom stereocenters. The highest BCUT2D eigenvalue weighted by molar-refractivity contribution is 7.78. The van der Waals surface area contributed by atoms with E-state index in [1.807, 2.05) is 18.2 Å². The molecule has 0 bridgehead atoms. The van der Waals surface area contributed by atoms with Crippen LogP contribution in [0.1, 0.15) is 48.4 Å². The van der Waals surface area contributed by atoms with Crippen molar-refractivity contribution in [2.45, 2.75) is 32.6 Å². The zero-order valence-corrected chi connectivity index (χ0v) is 16.2. The molecule has 3 rings (SSSR count). The molecule has 1 nitrogen and oxygen atoms in total. The molecule has 28 heavy (non-hydrogen) atoms. The first-order chi connectivity index (χ1) is 13.6. The molecule has 2 aromatic carbocycles. The molecule has 0 saturated heterocycles. The second kappa shape index (κ2) is 9.25. The van der Waals surface area contributed by atoms with E-state index >= 15 is 0 Å². The normalized spacial score (nSPS) is 11.8. The number of isothiocyanates is 1. The second-order valence-electron chi connectivity index (χ2n) is 6.37. The van der Waals surface area contributed by atoms with Crippen LogP contribution in [0.25, 0.3) is 6.08 Å². The predicted octanol–water partition coefficient (Wildman–Crippen LogP) is 6.23. The smallest absolute Gasteiger partial charge is 0.143 e. The first kappa shape index (κ1) is 19.7. The second-order valence-corrected chi connectivity index (χ2v) is 6.56. The first-order valence-electron chi connectivity index (χ1n) is 9.02. The van der Waals surface area contributed by atoms with Gasteiger partial charge in [0.2, 0.25) is 0 Å². The molecule has 0 fully saturated rings. The maximum Gasteiger partial charge on any atom is 0.143 e. The molecule has 0 amide bonds. The average Bonchev–Trinajstić information content (AvgIpc) is 2.68. The molecule has 0 heterocycles. The number of hydrogen-bond acceptors (Lipinski definition) is 2. The van der Waals surface area contributed by atoms with Crippen molar-refractivity contribution in [1.29, 1.82) is 0 Å². The number of hydrogen-bond donors (Lipinski definition) is 0. The van der Waals surface area contributed by atoms with Gasteiger partial charge in [-0.3, -0.25) is 0 Å². The van der Waals surface area contributed by atoms with Gasteiger partial charge in [-0.1, -0.05) is 36.7 Å². The summed E-state index contributed by atoms with van der Waals surface area (Å²) in [6.45, 7) is 2.11. The number of benzene rings is 2. The molecule has 1 aliphatic rings. The lowest BCUT2D eigenvalue weighted by Gasteiger charge is -2.13. The highest BCUT2D eigenvalue weighted by Crippen LogP contribution is 2.25. The van der Waals surface area contributed by atoms with Gasteiger partial charge in [-0.2, -0.15) is 4.99 Å². The van der Waals surface area contributed by atoms with Crippen LogP contribution in [-0.4, -0.2) is 5.16 Å². The minimum absolute atomic E-state index is 0.0826. The van der Waals surface area contributed by atoms with Crippen LogP contribution in [0.2, 0.25) is 0 Å². The standard InChI is InChI=1S/C24H17F2NS/c1-2-3-4-5-17-6-9-20-13-18(7-10-19(20)12-17)8-11-22-23(25)14-21(27-16-28)15-24(22)26/h6,9,12-15H,2-3,7,10H2,1H3. The van der Waals surface area contributed by atoms with E-state index in [1.54, 1.807) is 0 Å². The molecule has 0 saturated carbocycles. The Balaban J connectivity index is 1.85. The summed E-state index contributed by atoms with van der Waals surface area (Å²) < 4.78 is 28.2. The maximum absolute atomic E-state index is 14.1. The molecule has 0 spiro atoms. The van der Waals surface area contributed by atoms with Crippen molar-refractivity contribution in [1.82, 2.24) is 0 Å². The van der Waals surface area contributed by atoms with Gasteiger partial charge in [0.15, 0.2) is 0 Å². The number of thiocarbonyl (C=S) groups is 1. The summed E-state index contributed by atoms with van der Waals surface area (Å²) in [4.78, 5) is 3.59. The summed E-state index contributed by atoms with van der Waals surface area (Å²) in [6.07, 6.45) is 5.46. The van der Waals surface area contributed by atoms with E-state index in [-0.39, 0.29) is 11.3 Å². The molecule has 0 N–H and O–H groups in total. The number of aliphatic imine (C=N–C) groups is 1. The lowest BCUT2D eigenvalue weighted by Crippen LogP contribution is -1.99. The SMILES string of the molecule is CCCC#Cc1ccc2c(c1)CCC(C#Cc1c(F)cc(N=C=S)cc1F)=C2. The Morgan fingerprint density at radius 2 is 1.82 bits per heavy atom. The lowest BCUT2D eigenvalue weighted by atomic mass is 9.91. The molecule has 2 aromatic rings. The zero-order valence-electron chi connectivity index (χ0n) is 15.4. The van der Waals surface area contributed by atoms with Crippen molar-refractivity contribution in [2.24, 2.45) is 4.99 Å². The van der Waals surface area contributed by atoms with Gasteiger partial charge in [0.1, 0.15) is 11.6 Å². The van der Waals surface area contributed by atoms with Gasteiger partial charge in [-0.25, -0.2) is 8.78 Å². The minimum Gasteiger partial charge on any atom is -0.205 e. The highest BCUT2D eigenvalue weighted by Gasteiger charge is 2.11. The van der Waals surface area contributed by atoms with Crippen molar-refractivity contribution in [3.63, 3.8) is 0 Å². The molecule has 1 aliphatic carbocycles. The fraction of sp³-hybridized carbons (Fsp3) is 0.208. The van der Waals surface area contributed by atoms with Crippen LogP contribution in [0.5, 0.6) is 0 Å². The van der Waals surface area contributed by atoms with Crippen LogP contribution < -0.4 is 0 Å². The Bertz CT molecular complexity index is 1090. The number of rotatable bonds is 2. The van der Waals surface area contributed by atoms with Gasteiger partial charge in [0.05, 0.1) is 16.4 Å². The van der Waals surface area contributed by atoms with Crippen molar-refractivity contribution < 1.29 is 8.78 Å². The van der Waals surface area contributed by atoms with E-state index in [2.05, 4.69) is 59.0 Å². The summed E-state index contributed by atoms with van der Waals surface area (Å²) >= 11 is 4.45. The van der Waals surface area contributed by atoms with Gasteiger partial charge >= 0.3 is 0 Å². The summed E-state index contributed by atoms with van der Waals surface area (Å²) in [6, 6.07) is 8.30. The number of fused-ring (bicyclic) bond motifs is 1. The van der Waals surface area contributed by atoms with E-state index in [1.165, 1.54) is 5.56 Å². The third-order valence-corrected chi connectivity index (χ3v) is 4.39. The first-order valence-corrected chi connectivity index (χ1v) is 9.43. The van der Waals surface area contributed by atoms with Gasteiger partial charge in [-0.15, -0.1) is 0 Å². The quantitative estimate of drug-likeness (QED) is 0.337. The average molecular weight is 389 g/mol. The predicted molar refractivity (Wildman–Crippen MR) is 112 cm³/mol. The molecular formula is C24H17F2NS. The third kappa shape index (κ3) is 4.81. The number of aryl methyl sites for hydroxylation is 1. The summed E-state index contributed by atoms with van der Waals surface area (Å²) in [7, 11) is 0. The van der Waals surface area contributed by atoms with E-state index in [0.717, 1.165) is 54.5 Å². The van der Waals surface area contributed by atoms with Crippen LogP contribution in [-0.2, 0) is 6.42 Å². The Morgan fingerprint density at radius 1 is 1.04 bits per heavy atom. The summed E-state index contributed by atoms with van der Waals surface area (Å²) in [5.74, 6) is 10.3. The van der Waals surface area contributed by atoms with Crippen molar-refractivity contribution in [3.8, 4) is 23.7 Å². The molecule has 4 heteroatoms. The Labute approximate surface area is 169 Å². The van der Waals surface area contributed by atoms with E-state index in [4.69, 9.17) is 0 Å². The molecule has 0 radical (unpaired) electrons. The zero-order chi connectivity index (χ0) is 19.9. The number of allylic oxidation sites excluding steroid dienone is 1. The monoisotopic (exact) mass is 389 g/mol. The molecule has 0 aliphatic heterocycles. The highest BCUT2D eigenvalue weighted by atomic mass is 32.1. The van der Waals surface area contributed by atoms with Crippen molar-refractivity contribution in [2.75, 3.05) is 0 Å². The fourth-order valence-corrected chi connectivity index (χ4v) is 3.00.